The SMILES string of the molecule is CC(C)[C@H](NC(=O)Nc1ccccc1)C(=O)O[C@H](C(=O)NC1CC1)c1ccccc1. The molecule has 0 unspecified atom stereocenters. The minimum absolute atomic E-state index is 0.137. The minimum atomic E-state index is -1.07. The summed E-state index contributed by atoms with van der Waals surface area (Å²) in [7, 11) is 0. The molecule has 0 saturated heterocycles. The van der Waals surface area contributed by atoms with Crippen molar-refractivity contribution in [2.45, 2.75) is 44.9 Å². The lowest BCUT2D eigenvalue weighted by Gasteiger charge is -2.24. The Kier molecular flexibility index (Phi) is 7.06. The molecule has 2 atom stereocenters. The van der Waals surface area contributed by atoms with Crippen molar-refractivity contribution in [2.75, 3.05) is 5.32 Å². The van der Waals surface area contributed by atoms with E-state index in [2.05, 4.69) is 16.0 Å². The van der Waals surface area contributed by atoms with Crippen LogP contribution in [0, 0.1) is 5.92 Å². The number of esters is 1. The van der Waals surface area contributed by atoms with Crippen LogP contribution < -0.4 is 16.0 Å². The Balaban J connectivity index is 1.69. The fourth-order valence-electron chi connectivity index (χ4n) is 2.92. The quantitative estimate of drug-likeness (QED) is 0.582. The summed E-state index contributed by atoms with van der Waals surface area (Å²) in [6.45, 7) is 3.60. The Bertz CT molecular complexity index is 867. The monoisotopic (exact) mass is 409 g/mol. The Morgan fingerprint density at radius 2 is 1.53 bits per heavy atom. The summed E-state index contributed by atoms with van der Waals surface area (Å²) in [4.78, 5) is 38.0. The first kappa shape index (κ1) is 21.4. The fourth-order valence-corrected chi connectivity index (χ4v) is 2.92. The molecular weight excluding hydrogens is 382 g/mol. The highest BCUT2D eigenvalue weighted by molar-refractivity contribution is 5.93. The Morgan fingerprint density at radius 1 is 0.933 bits per heavy atom. The first-order valence-electron chi connectivity index (χ1n) is 10.1. The van der Waals surface area contributed by atoms with Crippen LogP contribution in [0.15, 0.2) is 60.7 Å². The molecule has 1 aliphatic carbocycles. The number of amides is 3. The third-order valence-electron chi connectivity index (χ3n) is 4.74. The number of nitrogens with one attached hydrogen (secondary N) is 3. The van der Waals surface area contributed by atoms with Crippen LogP contribution in [0.4, 0.5) is 10.5 Å². The lowest BCUT2D eigenvalue weighted by atomic mass is 10.0. The van der Waals surface area contributed by atoms with Crippen molar-refractivity contribution in [1.82, 2.24) is 10.6 Å². The van der Waals surface area contributed by atoms with E-state index in [1.54, 1.807) is 62.4 Å². The standard InChI is InChI=1S/C23H27N3O4/c1-15(2)19(26-23(29)25-17-11-7-4-8-12-17)22(28)30-20(16-9-5-3-6-10-16)21(27)24-18-13-14-18/h3-12,15,18-20H,13-14H2,1-2H3,(H,24,27)(H2,25,26,29)/t19-,20-/m0/s1. The van der Waals surface area contributed by atoms with E-state index in [9.17, 15) is 14.4 Å². The molecule has 7 heteroatoms. The van der Waals surface area contributed by atoms with Crippen LogP contribution in [0.5, 0.6) is 0 Å². The predicted molar refractivity (Wildman–Crippen MR) is 114 cm³/mol. The van der Waals surface area contributed by atoms with Gasteiger partial charge in [-0.3, -0.25) is 4.79 Å². The van der Waals surface area contributed by atoms with E-state index in [1.165, 1.54) is 0 Å². The topological polar surface area (TPSA) is 96.5 Å². The molecule has 0 bridgehead atoms. The summed E-state index contributed by atoms with van der Waals surface area (Å²) in [6, 6.07) is 16.5. The zero-order valence-corrected chi connectivity index (χ0v) is 17.1. The molecule has 30 heavy (non-hydrogen) atoms. The minimum Gasteiger partial charge on any atom is -0.446 e. The summed E-state index contributed by atoms with van der Waals surface area (Å²) in [6.07, 6.45) is 0.785. The first-order chi connectivity index (χ1) is 14.4. The van der Waals surface area contributed by atoms with E-state index < -0.39 is 24.1 Å². The Morgan fingerprint density at radius 3 is 2.10 bits per heavy atom. The van der Waals surface area contributed by atoms with Gasteiger partial charge in [-0.25, -0.2) is 9.59 Å². The Hall–Kier alpha value is -3.35. The van der Waals surface area contributed by atoms with Crippen molar-refractivity contribution in [3.8, 4) is 0 Å². The molecule has 3 N–H and O–H groups in total. The molecule has 0 spiro atoms. The third-order valence-corrected chi connectivity index (χ3v) is 4.74. The number of hydrogen-bond acceptors (Lipinski definition) is 4. The predicted octanol–water partition coefficient (Wildman–Crippen LogP) is 3.40. The number of hydrogen-bond donors (Lipinski definition) is 3. The van der Waals surface area contributed by atoms with E-state index in [-0.39, 0.29) is 17.9 Å². The molecule has 1 fully saturated rings. The number of rotatable bonds is 8. The second kappa shape index (κ2) is 9.91. The van der Waals surface area contributed by atoms with E-state index in [4.69, 9.17) is 4.74 Å². The molecule has 3 amide bonds. The van der Waals surface area contributed by atoms with E-state index >= 15 is 0 Å². The molecule has 0 radical (unpaired) electrons. The number of carbonyl (C=O) groups is 3. The van der Waals surface area contributed by atoms with Crippen LogP contribution in [-0.2, 0) is 14.3 Å². The highest BCUT2D eigenvalue weighted by Crippen LogP contribution is 2.24. The zero-order chi connectivity index (χ0) is 21.5. The van der Waals surface area contributed by atoms with Crippen LogP contribution in [0.25, 0.3) is 0 Å². The van der Waals surface area contributed by atoms with Gasteiger partial charge in [-0.2, -0.15) is 0 Å². The number of para-hydroxylation sites is 1. The van der Waals surface area contributed by atoms with Crippen molar-refractivity contribution in [3.63, 3.8) is 0 Å². The maximum Gasteiger partial charge on any atom is 0.330 e. The maximum atomic E-state index is 12.9. The molecule has 3 rings (SSSR count). The molecular formula is C23H27N3O4. The smallest absolute Gasteiger partial charge is 0.330 e. The van der Waals surface area contributed by atoms with Gasteiger partial charge in [0, 0.05) is 17.3 Å². The number of carbonyl (C=O) groups excluding carboxylic acids is 3. The van der Waals surface area contributed by atoms with Crippen molar-refractivity contribution < 1.29 is 19.1 Å². The summed E-state index contributed by atoms with van der Waals surface area (Å²) in [5.41, 5.74) is 1.19. The van der Waals surface area contributed by atoms with Crippen molar-refractivity contribution in [1.29, 1.82) is 0 Å². The molecule has 7 nitrogen and oxygen atoms in total. The van der Waals surface area contributed by atoms with E-state index in [0.29, 0.717) is 11.3 Å². The molecule has 0 aromatic heterocycles. The van der Waals surface area contributed by atoms with Crippen molar-refractivity contribution in [2.24, 2.45) is 5.92 Å². The third kappa shape index (κ3) is 6.07. The lowest BCUT2D eigenvalue weighted by Crippen LogP contribution is -2.48. The molecule has 0 heterocycles. The first-order valence-corrected chi connectivity index (χ1v) is 10.1. The Labute approximate surface area is 176 Å². The van der Waals surface area contributed by atoms with Gasteiger partial charge in [-0.15, -0.1) is 0 Å². The van der Waals surface area contributed by atoms with Gasteiger partial charge in [0.05, 0.1) is 0 Å². The fraction of sp³-hybridized carbons (Fsp3) is 0.348. The lowest BCUT2D eigenvalue weighted by molar-refractivity contribution is -0.159. The van der Waals surface area contributed by atoms with E-state index in [1.807, 2.05) is 12.1 Å². The van der Waals surface area contributed by atoms with Gasteiger partial charge in [0.15, 0.2) is 0 Å². The van der Waals surface area contributed by atoms with Crippen LogP contribution >= 0.6 is 0 Å². The number of urea groups is 1. The molecule has 2 aromatic rings. The molecule has 1 saturated carbocycles. The molecule has 158 valence electrons. The van der Waals surface area contributed by atoms with Crippen LogP contribution in [0.3, 0.4) is 0 Å². The highest BCUT2D eigenvalue weighted by Gasteiger charge is 2.34. The van der Waals surface area contributed by atoms with Gasteiger partial charge < -0.3 is 20.7 Å². The summed E-state index contributed by atoms with van der Waals surface area (Å²) in [5.74, 6) is -1.25. The van der Waals surface area contributed by atoms with Gasteiger partial charge in [0.2, 0.25) is 6.10 Å². The van der Waals surface area contributed by atoms with Gasteiger partial charge in [0.1, 0.15) is 6.04 Å². The van der Waals surface area contributed by atoms with Crippen LogP contribution in [-0.4, -0.2) is 30.0 Å². The average Bonchev–Trinajstić information content (AvgIpc) is 3.55. The van der Waals surface area contributed by atoms with Crippen LogP contribution in [0.2, 0.25) is 0 Å². The second-order valence-corrected chi connectivity index (χ2v) is 7.70. The molecule has 0 aliphatic heterocycles. The van der Waals surface area contributed by atoms with Crippen molar-refractivity contribution in [3.05, 3.63) is 66.2 Å². The van der Waals surface area contributed by atoms with Crippen molar-refractivity contribution >= 4 is 23.6 Å². The molecule has 2 aromatic carbocycles. The summed E-state index contributed by atoms with van der Waals surface area (Å²) >= 11 is 0. The molecule has 1 aliphatic rings. The van der Waals surface area contributed by atoms with Gasteiger partial charge in [-0.1, -0.05) is 62.4 Å². The van der Waals surface area contributed by atoms with Gasteiger partial charge in [-0.05, 0) is 30.9 Å². The normalized spacial score (nSPS) is 15.0. The number of anilines is 1. The van der Waals surface area contributed by atoms with Gasteiger partial charge >= 0.3 is 12.0 Å². The number of benzene rings is 2. The summed E-state index contributed by atoms with van der Waals surface area (Å²) < 4.78 is 5.61. The summed E-state index contributed by atoms with van der Waals surface area (Å²) in [5, 5.41) is 8.23. The zero-order valence-electron chi connectivity index (χ0n) is 17.1. The average molecular weight is 409 g/mol. The highest BCUT2D eigenvalue weighted by atomic mass is 16.5. The van der Waals surface area contributed by atoms with Gasteiger partial charge in [0.25, 0.3) is 5.91 Å². The van der Waals surface area contributed by atoms with Crippen LogP contribution in [0.1, 0.15) is 38.4 Å². The van der Waals surface area contributed by atoms with E-state index in [0.717, 1.165) is 12.8 Å². The largest absolute Gasteiger partial charge is 0.446 e. The maximum absolute atomic E-state index is 12.9. The number of ether oxygens (including phenoxy) is 1. The second-order valence-electron chi connectivity index (χ2n) is 7.70.